The highest BCUT2D eigenvalue weighted by Gasteiger charge is 2.17. The number of nitrogens with one attached hydrogen (secondary N) is 1. The summed E-state index contributed by atoms with van der Waals surface area (Å²) >= 11 is 0. The zero-order chi connectivity index (χ0) is 18.9. The number of esters is 1. The summed E-state index contributed by atoms with van der Waals surface area (Å²) in [6.45, 7) is 10.2. The summed E-state index contributed by atoms with van der Waals surface area (Å²) in [7, 11) is 0. The molecule has 1 aromatic rings. The van der Waals surface area contributed by atoms with Crippen molar-refractivity contribution >= 4 is 11.9 Å². The molecule has 0 aliphatic carbocycles. The van der Waals surface area contributed by atoms with Crippen LogP contribution in [-0.2, 0) is 9.53 Å². The number of benzene rings is 1. The lowest BCUT2D eigenvalue weighted by Crippen LogP contribution is -2.42. The first-order chi connectivity index (χ1) is 11.8. The standard InChI is InChI=1S/C19H29NO5/c1-6-8-11-24-15-10-9-14(12-16(15)23-7-2)18(22)25-13-17(21)20-19(3,4)5/h9-10,12H,6-8,11,13H2,1-5H3,(H,20,21). The van der Waals surface area contributed by atoms with Crippen LogP contribution in [0.5, 0.6) is 11.5 Å². The molecular formula is C19H29NO5. The first-order valence-corrected chi connectivity index (χ1v) is 8.64. The van der Waals surface area contributed by atoms with Gasteiger partial charge in [-0.2, -0.15) is 0 Å². The van der Waals surface area contributed by atoms with Crippen LogP contribution in [-0.4, -0.2) is 37.2 Å². The van der Waals surface area contributed by atoms with Gasteiger partial charge >= 0.3 is 5.97 Å². The Hall–Kier alpha value is -2.24. The van der Waals surface area contributed by atoms with Crippen LogP contribution in [0.2, 0.25) is 0 Å². The smallest absolute Gasteiger partial charge is 0.338 e. The summed E-state index contributed by atoms with van der Waals surface area (Å²) in [6.07, 6.45) is 1.98. The molecule has 25 heavy (non-hydrogen) atoms. The summed E-state index contributed by atoms with van der Waals surface area (Å²) in [4.78, 5) is 23.9. The van der Waals surface area contributed by atoms with E-state index in [9.17, 15) is 9.59 Å². The molecule has 6 heteroatoms. The fraction of sp³-hybridized carbons (Fsp3) is 0.579. The van der Waals surface area contributed by atoms with Crippen molar-refractivity contribution in [3.63, 3.8) is 0 Å². The van der Waals surface area contributed by atoms with Crippen molar-refractivity contribution < 1.29 is 23.8 Å². The van der Waals surface area contributed by atoms with Gasteiger partial charge in [0.2, 0.25) is 0 Å². The van der Waals surface area contributed by atoms with E-state index in [0.717, 1.165) is 12.8 Å². The third kappa shape index (κ3) is 7.92. The van der Waals surface area contributed by atoms with Crippen molar-refractivity contribution in [1.29, 1.82) is 0 Å². The third-order valence-electron chi connectivity index (χ3n) is 3.08. The number of amides is 1. The molecule has 1 aromatic carbocycles. The number of hydrogen-bond donors (Lipinski definition) is 1. The van der Waals surface area contributed by atoms with Crippen molar-refractivity contribution in [1.82, 2.24) is 5.32 Å². The van der Waals surface area contributed by atoms with Crippen LogP contribution in [0.25, 0.3) is 0 Å². The molecule has 0 aliphatic heterocycles. The van der Waals surface area contributed by atoms with E-state index in [2.05, 4.69) is 12.2 Å². The lowest BCUT2D eigenvalue weighted by molar-refractivity contribution is -0.125. The average Bonchev–Trinajstić information content (AvgIpc) is 2.52. The molecule has 0 fully saturated rings. The average molecular weight is 351 g/mol. The molecule has 1 amide bonds. The van der Waals surface area contributed by atoms with E-state index in [-0.39, 0.29) is 18.1 Å². The van der Waals surface area contributed by atoms with Crippen molar-refractivity contribution in [2.45, 2.75) is 53.0 Å². The monoisotopic (exact) mass is 351 g/mol. The second-order valence-corrected chi connectivity index (χ2v) is 6.67. The number of rotatable bonds is 9. The molecule has 0 saturated carbocycles. The maximum atomic E-state index is 12.1. The maximum Gasteiger partial charge on any atom is 0.338 e. The Morgan fingerprint density at radius 3 is 2.40 bits per heavy atom. The highest BCUT2D eigenvalue weighted by molar-refractivity contribution is 5.92. The second kappa shape index (κ2) is 9.91. The Labute approximate surface area is 149 Å². The SMILES string of the molecule is CCCCOc1ccc(C(=O)OCC(=O)NC(C)(C)C)cc1OCC. The number of carbonyl (C=O) groups is 2. The molecule has 0 aromatic heterocycles. The molecular weight excluding hydrogens is 322 g/mol. The van der Waals surface area contributed by atoms with E-state index in [0.29, 0.717) is 30.3 Å². The number of ether oxygens (including phenoxy) is 3. The van der Waals surface area contributed by atoms with E-state index in [1.165, 1.54) is 0 Å². The molecule has 0 bridgehead atoms. The topological polar surface area (TPSA) is 73.9 Å². The predicted octanol–water partition coefficient (Wildman–Crippen LogP) is 3.34. The van der Waals surface area contributed by atoms with Crippen LogP contribution in [0.15, 0.2) is 18.2 Å². The van der Waals surface area contributed by atoms with Crippen LogP contribution >= 0.6 is 0 Å². The Balaban J connectivity index is 2.71. The summed E-state index contributed by atoms with van der Waals surface area (Å²) in [6, 6.07) is 4.87. The fourth-order valence-electron chi connectivity index (χ4n) is 2.02. The lowest BCUT2D eigenvalue weighted by Gasteiger charge is -2.20. The first kappa shape index (κ1) is 20.8. The maximum absolute atomic E-state index is 12.1. The fourth-order valence-corrected chi connectivity index (χ4v) is 2.02. The Bertz CT molecular complexity index is 578. The normalized spacial score (nSPS) is 10.9. The minimum atomic E-state index is -0.579. The summed E-state index contributed by atoms with van der Waals surface area (Å²) in [5.41, 5.74) is -0.0572. The third-order valence-corrected chi connectivity index (χ3v) is 3.08. The summed E-state index contributed by atoms with van der Waals surface area (Å²) in [5.74, 6) is 0.167. The van der Waals surface area contributed by atoms with Gasteiger partial charge in [0.15, 0.2) is 18.1 Å². The van der Waals surface area contributed by atoms with Gasteiger partial charge in [-0.05, 0) is 52.3 Å². The van der Waals surface area contributed by atoms with Crippen LogP contribution in [0.4, 0.5) is 0 Å². The van der Waals surface area contributed by atoms with Gasteiger partial charge in [-0.1, -0.05) is 13.3 Å². The Morgan fingerprint density at radius 1 is 1.08 bits per heavy atom. The van der Waals surface area contributed by atoms with Crippen LogP contribution in [0.1, 0.15) is 57.8 Å². The van der Waals surface area contributed by atoms with Gasteiger partial charge in [-0.3, -0.25) is 4.79 Å². The minimum Gasteiger partial charge on any atom is -0.490 e. The van der Waals surface area contributed by atoms with Crippen LogP contribution < -0.4 is 14.8 Å². The van der Waals surface area contributed by atoms with Gasteiger partial charge in [0.1, 0.15) is 0 Å². The van der Waals surface area contributed by atoms with Crippen LogP contribution in [0, 0.1) is 0 Å². The highest BCUT2D eigenvalue weighted by Crippen LogP contribution is 2.29. The molecule has 0 saturated heterocycles. The first-order valence-electron chi connectivity index (χ1n) is 8.64. The van der Waals surface area contributed by atoms with Gasteiger partial charge in [0, 0.05) is 5.54 Å². The van der Waals surface area contributed by atoms with Gasteiger partial charge < -0.3 is 19.5 Å². The van der Waals surface area contributed by atoms with E-state index >= 15 is 0 Å². The molecule has 140 valence electrons. The summed E-state index contributed by atoms with van der Waals surface area (Å²) in [5, 5.41) is 2.73. The van der Waals surface area contributed by atoms with Gasteiger partial charge in [-0.25, -0.2) is 4.79 Å². The number of unbranched alkanes of at least 4 members (excludes halogenated alkanes) is 1. The van der Waals surface area contributed by atoms with Gasteiger partial charge in [-0.15, -0.1) is 0 Å². The van der Waals surface area contributed by atoms with Gasteiger partial charge in [0.05, 0.1) is 18.8 Å². The molecule has 0 spiro atoms. The van der Waals surface area contributed by atoms with Crippen LogP contribution in [0.3, 0.4) is 0 Å². The molecule has 0 radical (unpaired) electrons. The molecule has 0 heterocycles. The quantitative estimate of drug-likeness (QED) is 0.546. The zero-order valence-electron chi connectivity index (χ0n) is 15.8. The zero-order valence-corrected chi connectivity index (χ0v) is 15.8. The lowest BCUT2D eigenvalue weighted by atomic mass is 10.1. The van der Waals surface area contributed by atoms with E-state index in [1.807, 2.05) is 27.7 Å². The number of hydrogen-bond acceptors (Lipinski definition) is 5. The Kier molecular flexibility index (Phi) is 8.25. The molecule has 0 aliphatic rings. The summed E-state index contributed by atoms with van der Waals surface area (Å²) < 4.78 is 16.3. The van der Waals surface area contributed by atoms with Crippen molar-refractivity contribution in [3.8, 4) is 11.5 Å². The molecule has 0 unspecified atom stereocenters. The molecule has 6 nitrogen and oxygen atoms in total. The highest BCUT2D eigenvalue weighted by atomic mass is 16.5. The molecule has 0 atom stereocenters. The molecule has 1 rings (SSSR count). The molecule has 1 N–H and O–H groups in total. The van der Waals surface area contributed by atoms with E-state index < -0.39 is 5.97 Å². The van der Waals surface area contributed by atoms with Crippen molar-refractivity contribution in [2.75, 3.05) is 19.8 Å². The predicted molar refractivity (Wildman–Crippen MR) is 96.2 cm³/mol. The van der Waals surface area contributed by atoms with Crippen molar-refractivity contribution in [3.05, 3.63) is 23.8 Å². The largest absolute Gasteiger partial charge is 0.490 e. The van der Waals surface area contributed by atoms with Crippen molar-refractivity contribution in [2.24, 2.45) is 0 Å². The Morgan fingerprint density at radius 2 is 1.80 bits per heavy atom. The van der Waals surface area contributed by atoms with E-state index in [1.54, 1.807) is 18.2 Å². The minimum absolute atomic E-state index is 0.315. The van der Waals surface area contributed by atoms with Gasteiger partial charge in [0.25, 0.3) is 5.91 Å². The number of carbonyl (C=O) groups excluding carboxylic acids is 2. The van der Waals surface area contributed by atoms with E-state index in [4.69, 9.17) is 14.2 Å². The second-order valence-electron chi connectivity index (χ2n) is 6.67.